The lowest BCUT2D eigenvalue weighted by Gasteiger charge is -2.00. The van der Waals surface area contributed by atoms with E-state index in [4.69, 9.17) is 0 Å². The van der Waals surface area contributed by atoms with Gasteiger partial charge in [0.05, 0.1) is 5.69 Å². The topological polar surface area (TPSA) is 24.9 Å². The molecule has 2 nitrogen and oxygen atoms in total. The number of benzene rings is 1. The first-order valence-electron chi connectivity index (χ1n) is 5.38. The summed E-state index contributed by atoms with van der Waals surface area (Å²) >= 11 is 1.71. The highest BCUT2D eigenvalue weighted by molar-refractivity contribution is 7.15. The molecule has 84 valence electrons. The molecule has 1 N–H and O–H groups in total. The quantitative estimate of drug-likeness (QED) is 0.877. The Hall–Kier alpha value is -1.35. The Kier molecular flexibility index (Phi) is 3.25. The van der Waals surface area contributed by atoms with Crippen LogP contribution in [0, 0.1) is 13.8 Å². The molecule has 0 aliphatic heterocycles. The molecule has 3 heteroatoms. The maximum atomic E-state index is 4.55. The van der Waals surface area contributed by atoms with Crippen LogP contribution >= 0.6 is 11.3 Å². The molecule has 0 aliphatic rings. The predicted octanol–water partition coefficient (Wildman–Crippen LogP) is 3.39. The summed E-state index contributed by atoms with van der Waals surface area (Å²) in [5.74, 6) is 0. The fourth-order valence-electron chi connectivity index (χ4n) is 1.60. The summed E-state index contributed by atoms with van der Waals surface area (Å²) in [6.45, 7) is 4.24. The number of nitrogens with zero attached hydrogens (tertiary/aromatic N) is 1. The highest BCUT2D eigenvalue weighted by Gasteiger charge is 2.06. The fourth-order valence-corrected chi connectivity index (χ4v) is 2.38. The normalized spacial score (nSPS) is 10.4. The van der Waals surface area contributed by atoms with Crippen LogP contribution in [-0.2, 0) is 6.42 Å². The molecular formula is C13H16N2S. The van der Waals surface area contributed by atoms with Crippen LogP contribution in [0.15, 0.2) is 24.3 Å². The van der Waals surface area contributed by atoms with Crippen LogP contribution in [0.5, 0.6) is 0 Å². The van der Waals surface area contributed by atoms with Gasteiger partial charge in [-0.3, -0.25) is 0 Å². The summed E-state index contributed by atoms with van der Waals surface area (Å²) in [6.07, 6.45) is 0.921. The van der Waals surface area contributed by atoms with E-state index in [2.05, 4.69) is 48.4 Å². The zero-order valence-electron chi connectivity index (χ0n) is 9.87. The Morgan fingerprint density at radius 2 is 1.88 bits per heavy atom. The number of anilines is 1. The molecule has 0 saturated heterocycles. The van der Waals surface area contributed by atoms with E-state index in [-0.39, 0.29) is 0 Å². The number of nitrogens with one attached hydrogen (secondary N) is 1. The fraction of sp³-hybridized carbons (Fsp3) is 0.308. The van der Waals surface area contributed by atoms with Crippen LogP contribution in [-0.4, -0.2) is 12.0 Å². The molecule has 2 rings (SSSR count). The van der Waals surface area contributed by atoms with Gasteiger partial charge in [-0.05, 0) is 19.4 Å². The third kappa shape index (κ3) is 2.42. The van der Waals surface area contributed by atoms with Crippen molar-refractivity contribution in [1.29, 1.82) is 0 Å². The van der Waals surface area contributed by atoms with Crippen molar-refractivity contribution < 1.29 is 0 Å². The summed E-state index contributed by atoms with van der Waals surface area (Å²) < 4.78 is 0. The van der Waals surface area contributed by atoms with Crippen molar-refractivity contribution >= 4 is 16.5 Å². The highest BCUT2D eigenvalue weighted by Crippen LogP contribution is 2.23. The van der Waals surface area contributed by atoms with Gasteiger partial charge in [-0.1, -0.05) is 29.8 Å². The van der Waals surface area contributed by atoms with Crippen LogP contribution < -0.4 is 5.32 Å². The van der Waals surface area contributed by atoms with Gasteiger partial charge in [-0.2, -0.15) is 0 Å². The molecule has 1 aromatic heterocycles. The van der Waals surface area contributed by atoms with E-state index < -0.39 is 0 Å². The zero-order valence-corrected chi connectivity index (χ0v) is 10.7. The minimum Gasteiger partial charge on any atom is -0.365 e. The average molecular weight is 232 g/mol. The van der Waals surface area contributed by atoms with E-state index in [0.717, 1.165) is 11.6 Å². The van der Waals surface area contributed by atoms with Crippen LogP contribution in [0.1, 0.15) is 21.7 Å². The van der Waals surface area contributed by atoms with Gasteiger partial charge in [0.15, 0.2) is 5.13 Å². The summed E-state index contributed by atoms with van der Waals surface area (Å²) in [5.41, 5.74) is 3.80. The number of aryl methyl sites for hydroxylation is 2. The molecule has 0 unspecified atom stereocenters. The van der Waals surface area contributed by atoms with Gasteiger partial charge >= 0.3 is 0 Å². The summed E-state index contributed by atoms with van der Waals surface area (Å²) in [6, 6.07) is 8.65. The Morgan fingerprint density at radius 3 is 2.44 bits per heavy atom. The lowest BCUT2D eigenvalue weighted by molar-refractivity contribution is 1.08. The minimum absolute atomic E-state index is 0.921. The number of hydrogen-bond donors (Lipinski definition) is 1. The number of thiazole rings is 1. The van der Waals surface area contributed by atoms with E-state index in [1.807, 2.05) is 7.05 Å². The van der Waals surface area contributed by atoms with E-state index in [1.165, 1.54) is 21.7 Å². The van der Waals surface area contributed by atoms with E-state index in [9.17, 15) is 0 Å². The molecule has 0 aliphatic carbocycles. The lowest BCUT2D eigenvalue weighted by Crippen LogP contribution is -1.92. The monoisotopic (exact) mass is 232 g/mol. The SMILES string of the molecule is CNc1nc(Cc2ccc(C)cc2)c(C)s1. The third-order valence-corrected chi connectivity index (χ3v) is 3.63. The van der Waals surface area contributed by atoms with Gasteiger partial charge < -0.3 is 5.32 Å². The van der Waals surface area contributed by atoms with E-state index in [1.54, 1.807) is 11.3 Å². The molecule has 16 heavy (non-hydrogen) atoms. The first kappa shape index (κ1) is 11.1. The molecule has 0 saturated carbocycles. The van der Waals surface area contributed by atoms with E-state index >= 15 is 0 Å². The first-order chi connectivity index (χ1) is 7.69. The van der Waals surface area contributed by atoms with Crippen molar-refractivity contribution in [1.82, 2.24) is 4.98 Å². The molecule has 0 fully saturated rings. The predicted molar refractivity (Wildman–Crippen MR) is 70.4 cm³/mol. The molecule has 0 radical (unpaired) electrons. The number of hydrogen-bond acceptors (Lipinski definition) is 3. The van der Waals surface area contributed by atoms with Crippen molar-refractivity contribution in [2.45, 2.75) is 20.3 Å². The minimum atomic E-state index is 0.921. The Labute approximate surface area is 100 Å². The zero-order chi connectivity index (χ0) is 11.5. The average Bonchev–Trinajstić information content (AvgIpc) is 2.63. The van der Waals surface area contributed by atoms with Crippen LogP contribution in [0.3, 0.4) is 0 Å². The first-order valence-corrected chi connectivity index (χ1v) is 6.20. The standard InChI is InChI=1S/C13H16N2S/c1-9-4-6-11(7-5-9)8-12-10(2)16-13(14-3)15-12/h4-7H,8H2,1-3H3,(H,14,15). The second-order valence-electron chi connectivity index (χ2n) is 3.93. The Morgan fingerprint density at radius 1 is 1.19 bits per heavy atom. The summed E-state index contributed by atoms with van der Waals surface area (Å²) in [4.78, 5) is 5.85. The maximum absolute atomic E-state index is 4.55. The molecule has 0 atom stereocenters. The molecule has 1 aromatic carbocycles. The molecular weight excluding hydrogens is 216 g/mol. The van der Waals surface area contributed by atoms with Gasteiger partial charge in [0.1, 0.15) is 0 Å². The maximum Gasteiger partial charge on any atom is 0.182 e. The number of aromatic nitrogens is 1. The number of rotatable bonds is 3. The van der Waals surface area contributed by atoms with Crippen molar-refractivity contribution in [2.24, 2.45) is 0 Å². The third-order valence-electron chi connectivity index (χ3n) is 2.60. The molecule has 0 spiro atoms. The summed E-state index contributed by atoms with van der Waals surface area (Å²) in [5, 5.41) is 4.09. The van der Waals surface area contributed by atoms with Crippen LogP contribution in [0.4, 0.5) is 5.13 Å². The van der Waals surface area contributed by atoms with Gasteiger partial charge in [-0.15, -0.1) is 11.3 Å². The molecule has 2 aromatic rings. The van der Waals surface area contributed by atoms with Crippen LogP contribution in [0.2, 0.25) is 0 Å². The second kappa shape index (κ2) is 4.66. The largest absolute Gasteiger partial charge is 0.365 e. The summed E-state index contributed by atoms with van der Waals surface area (Å²) in [7, 11) is 1.91. The van der Waals surface area contributed by atoms with Crippen molar-refractivity contribution in [3.05, 3.63) is 46.0 Å². The Bertz CT molecular complexity index is 471. The molecule has 0 amide bonds. The molecule has 1 heterocycles. The van der Waals surface area contributed by atoms with Gasteiger partial charge in [-0.25, -0.2) is 4.98 Å². The smallest absolute Gasteiger partial charge is 0.182 e. The van der Waals surface area contributed by atoms with Gasteiger partial charge in [0, 0.05) is 18.3 Å². The van der Waals surface area contributed by atoms with Crippen molar-refractivity contribution in [3.8, 4) is 0 Å². The Balaban J connectivity index is 2.19. The highest BCUT2D eigenvalue weighted by atomic mass is 32.1. The van der Waals surface area contributed by atoms with Crippen molar-refractivity contribution in [2.75, 3.05) is 12.4 Å². The van der Waals surface area contributed by atoms with Crippen LogP contribution in [0.25, 0.3) is 0 Å². The second-order valence-corrected chi connectivity index (χ2v) is 5.14. The molecule has 0 bridgehead atoms. The van der Waals surface area contributed by atoms with E-state index in [0.29, 0.717) is 0 Å². The lowest BCUT2D eigenvalue weighted by atomic mass is 10.1. The van der Waals surface area contributed by atoms with Gasteiger partial charge in [0.25, 0.3) is 0 Å². The van der Waals surface area contributed by atoms with Crippen molar-refractivity contribution in [3.63, 3.8) is 0 Å². The van der Waals surface area contributed by atoms with Gasteiger partial charge in [0.2, 0.25) is 0 Å².